The molecule has 0 heterocycles. The van der Waals surface area contributed by atoms with Gasteiger partial charge in [0.15, 0.2) is 0 Å². The number of aromatic hydroxyl groups is 2. The Morgan fingerprint density at radius 3 is 2.10 bits per heavy atom. The fourth-order valence-electron chi connectivity index (χ4n) is 4.48. The predicted octanol–water partition coefficient (Wildman–Crippen LogP) is 3.72. The van der Waals surface area contributed by atoms with Crippen molar-refractivity contribution in [3.63, 3.8) is 0 Å². The van der Waals surface area contributed by atoms with Gasteiger partial charge in [-0.2, -0.15) is 0 Å². The number of hydrogen-bond donors (Lipinski definition) is 2. The summed E-state index contributed by atoms with van der Waals surface area (Å²) in [7, 11) is 0. The summed E-state index contributed by atoms with van der Waals surface area (Å²) in [5.74, 6) is 0.712. The van der Waals surface area contributed by atoms with Gasteiger partial charge in [0.2, 0.25) is 0 Å². The van der Waals surface area contributed by atoms with Crippen molar-refractivity contribution in [2.75, 3.05) is 0 Å². The second-order valence-corrected chi connectivity index (χ2v) is 7.23. The summed E-state index contributed by atoms with van der Waals surface area (Å²) in [5, 5.41) is 19.6. The fraction of sp³-hybridized carbons (Fsp3) is 0.368. The Hall–Kier alpha value is -1.96. The van der Waals surface area contributed by atoms with Gasteiger partial charge >= 0.3 is 0 Å². The number of fused-ring (bicyclic) bond motifs is 2. The summed E-state index contributed by atoms with van der Waals surface area (Å²) in [5.41, 5.74) is 5.46. The Bertz CT molecular complexity index is 741. The highest BCUT2D eigenvalue weighted by Gasteiger charge is 2.54. The molecule has 0 aromatic heterocycles. The van der Waals surface area contributed by atoms with Gasteiger partial charge < -0.3 is 10.2 Å². The Kier molecular flexibility index (Phi) is 2.32. The summed E-state index contributed by atoms with van der Waals surface area (Å²) < 4.78 is 0. The minimum atomic E-state index is 0.0235. The minimum absolute atomic E-state index is 0.0235. The average Bonchev–Trinajstić information content (AvgIpc) is 2.88. The second kappa shape index (κ2) is 3.82. The first-order valence-electron chi connectivity index (χ1n) is 7.54. The third-order valence-electron chi connectivity index (χ3n) is 5.87. The van der Waals surface area contributed by atoms with Crippen LogP contribution in [0.1, 0.15) is 36.1 Å². The van der Waals surface area contributed by atoms with Crippen molar-refractivity contribution in [1.29, 1.82) is 0 Å². The van der Waals surface area contributed by atoms with Crippen LogP contribution in [-0.2, 0) is 24.7 Å². The van der Waals surface area contributed by atoms with Crippen LogP contribution in [-0.4, -0.2) is 10.2 Å². The van der Waals surface area contributed by atoms with Crippen LogP contribution in [0.15, 0.2) is 36.4 Å². The van der Waals surface area contributed by atoms with Crippen LogP contribution < -0.4 is 0 Å². The summed E-state index contributed by atoms with van der Waals surface area (Å²) in [6.07, 6.45) is 3.09. The molecule has 2 heteroatoms. The van der Waals surface area contributed by atoms with Crippen LogP contribution in [0.2, 0.25) is 0 Å². The van der Waals surface area contributed by atoms with Gasteiger partial charge in [-0.1, -0.05) is 26.0 Å². The first-order chi connectivity index (χ1) is 9.91. The van der Waals surface area contributed by atoms with E-state index in [-0.39, 0.29) is 10.8 Å². The van der Waals surface area contributed by atoms with Crippen molar-refractivity contribution in [3.05, 3.63) is 58.7 Å². The Morgan fingerprint density at radius 1 is 0.762 bits per heavy atom. The van der Waals surface area contributed by atoms with Gasteiger partial charge in [-0.05, 0) is 76.6 Å². The summed E-state index contributed by atoms with van der Waals surface area (Å²) >= 11 is 0. The number of phenolic OH excluding ortho intramolecular Hbond substituents is 2. The van der Waals surface area contributed by atoms with Gasteiger partial charge in [-0.3, -0.25) is 0 Å². The van der Waals surface area contributed by atoms with Crippen LogP contribution in [0.25, 0.3) is 0 Å². The molecule has 0 fully saturated rings. The van der Waals surface area contributed by atoms with Gasteiger partial charge in [0, 0.05) is 0 Å². The third-order valence-corrected chi connectivity index (χ3v) is 5.87. The predicted molar refractivity (Wildman–Crippen MR) is 82.8 cm³/mol. The lowest BCUT2D eigenvalue weighted by Gasteiger charge is -2.39. The van der Waals surface area contributed by atoms with Crippen molar-refractivity contribution in [1.82, 2.24) is 0 Å². The van der Waals surface area contributed by atoms with E-state index in [9.17, 15) is 10.2 Å². The molecular formula is C19H20O2. The standard InChI is InChI=1S/C19H20O2/c1-18(2)17-8-16(21)6-4-13(17)10-19(18)9-12-3-5-15(20)7-14(12)11-19/h3-8,20-21H,9-11H2,1-2H3. The van der Waals surface area contributed by atoms with E-state index >= 15 is 0 Å². The molecule has 0 radical (unpaired) electrons. The van der Waals surface area contributed by atoms with Gasteiger partial charge in [0.1, 0.15) is 11.5 Å². The van der Waals surface area contributed by atoms with Crippen LogP contribution in [0.5, 0.6) is 11.5 Å². The quantitative estimate of drug-likeness (QED) is 0.772. The number of benzene rings is 2. The largest absolute Gasteiger partial charge is 0.508 e. The van der Waals surface area contributed by atoms with Crippen LogP contribution in [0.4, 0.5) is 0 Å². The lowest BCUT2D eigenvalue weighted by atomic mass is 9.64. The number of phenols is 2. The van der Waals surface area contributed by atoms with Crippen molar-refractivity contribution < 1.29 is 10.2 Å². The minimum Gasteiger partial charge on any atom is -0.508 e. The zero-order valence-electron chi connectivity index (χ0n) is 12.5. The smallest absolute Gasteiger partial charge is 0.115 e. The van der Waals surface area contributed by atoms with E-state index in [2.05, 4.69) is 26.0 Å². The second-order valence-electron chi connectivity index (χ2n) is 7.23. The topological polar surface area (TPSA) is 40.5 Å². The van der Waals surface area contributed by atoms with E-state index in [1.807, 2.05) is 12.1 Å². The number of hydrogen-bond acceptors (Lipinski definition) is 2. The Morgan fingerprint density at radius 2 is 1.33 bits per heavy atom. The Balaban J connectivity index is 1.82. The van der Waals surface area contributed by atoms with Gasteiger partial charge in [-0.25, -0.2) is 0 Å². The lowest BCUT2D eigenvalue weighted by Crippen LogP contribution is -2.38. The van der Waals surface area contributed by atoms with E-state index in [4.69, 9.17) is 0 Å². The van der Waals surface area contributed by atoms with Gasteiger partial charge in [0.25, 0.3) is 0 Å². The highest BCUT2D eigenvalue weighted by Crippen LogP contribution is 2.58. The summed E-state index contributed by atoms with van der Waals surface area (Å²) in [6.45, 7) is 4.59. The monoisotopic (exact) mass is 280 g/mol. The fourth-order valence-corrected chi connectivity index (χ4v) is 4.48. The molecule has 0 saturated carbocycles. The molecule has 4 rings (SSSR count). The zero-order chi connectivity index (χ0) is 14.8. The van der Waals surface area contributed by atoms with Crippen LogP contribution >= 0.6 is 0 Å². The molecule has 1 spiro atoms. The van der Waals surface area contributed by atoms with E-state index < -0.39 is 0 Å². The maximum Gasteiger partial charge on any atom is 0.115 e. The van der Waals surface area contributed by atoms with Crippen molar-refractivity contribution in [2.24, 2.45) is 5.41 Å². The maximum absolute atomic E-state index is 9.84. The molecule has 0 amide bonds. The molecule has 0 aliphatic heterocycles. The molecule has 2 aromatic carbocycles. The van der Waals surface area contributed by atoms with E-state index in [1.54, 1.807) is 12.1 Å². The van der Waals surface area contributed by atoms with Crippen LogP contribution in [0, 0.1) is 5.41 Å². The van der Waals surface area contributed by atoms with E-state index in [0.717, 1.165) is 19.3 Å². The molecule has 1 unspecified atom stereocenters. The first-order valence-corrected chi connectivity index (χ1v) is 7.54. The highest BCUT2D eigenvalue weighted by molar-refractivity contribution is 5.51. The molecule has 0 saturated heterocycles. The van der Waals surface area contributed by atoms with Gasteiger partial charge in [0.05, 0.1) is 0 Å². The lowest BCUT2D eigenvalue weighted by molar-refractivity contribution is 0.182. The molecule has 2 aromatic rings. The SMILES string of the molecule is CC1(C)c2cc(O)ccc2CC12Cc1ccc(O)cc1C2. The molecule has 21 heavy (non-hydrogen) atoms. The summed E-state index contributed by atoms with van der Waals surface area (Å²) in [6, 6.07) is 11.6. The first kappa shape index (κ1) is 12.8. The Labute approximate surface area is 125 Å². The van der Waals surface area contributed by atoms with Crippen molar-refractivity contribution >= 4 is 0 Å². The average molecular weight is 280 g/mol. The highest BCUT2D eigenvalue weighted by atomic mass is 16.3. The van der Waals surface area contributed by atoms with Crippen molar-refractivity contribution in [2.45, 2.75) is 38.5 Å². The molecule has 0 bridgehead atoms. The maximum atomic E-state index is 9.84. The molecule has 2 N–H and O–H groups in total. The summed E-state index contributed by atoms with van der Waals surface area (Å²) in [4.78, 5) is 0. The molecule has 2 nitrogen and oxygen atoms in total. The zero-order valence-corrected chi connectivity index (χ0v) is 12.5. The number of rotatable bonds is 0. The van der Waals surface area contributed by atoms with Crippen LogP contribution in [0.3, 0.4) is 0 Å². The molecule has 108 valence electrons. The van der Waals surface area contributed by atoms with E-state index in [1.165, 1.54) is 22.3 Å². The third kappa shape index (κ3) is 1.59. The molecule has 2 aliphatic carbocycles. The van der Waals surface area contributed by atoms with Crippen molar-refractivity contribution in [3.8, 4) is 11.5 Å². The van der Waals surface area contributed by atoms with Gasteiger partial charge in [-0.15, -0.1) is 0 Å². The van der Waals surface area contributed by atoms with E-state index in [0.29, 0.717) is 11.5 Å². The molecule has 2 aliphatic rings. The molecule has 1 atom stereocenters. The normalized spacial score (nSPS) is 25.0. The molecular weight excluding hydrogens is 260 g/mol.